The van der Waals surface area contributed by atoms with Gasteiger partial charge in [-0.3, -0.25) is 4.79 Å². The summed E-state index contributed by atoms with van der Waals surface area (Å²) in [5, 5.41) is 0.498. The van der Waals surface area contributed by atoms with Crippen LogP contribution in [0.4, 0.5) is 4.39 Å². The second kappa shape index (κ2) is 7.17. The lowest BCUT2D eigenvalue weighted by molar-refractivity contribution is -0.116. The summed E-state index contributed by atoms with van der Waals surface area (Å²) in [5.41, 5.74) is 0.728. The molecular weight excluding hydrogens is 303 g/mol. The Kier molecular flexibility index (Phi) is 6.20. The third-order valence-corrected chi connectivity index (χ3v) is 4.28. The van der Waals surface area contributed by atoms with Gasteiger partial charge in [-0.05, 0) is 30.2 Å². The summed E-state index contributed by atoms with van der Waals surface area (Å²) in [4.78, 5) is 11.7. The minimum Gasteiger partial charge on any atom is -0.298 e. The quantitative estimate of drug-likeness (QED) is 0.780. The SMILES string of the molecule is CCC(C)SCC(=O)Cc1cc(F)cc(Br)c1. The highest BCUT2D eigenvalue weighted by Gasteiger charge is 2.08. The molecule has 0 saturated carbocycles. The Hall–Kier alpha value is -0.350. The van der Waals surface area contributed by atoms with Crippen molar-refractivity contribution in [1.29, 1.82) is 0 Å². The topological polar surface area (TPSA) is 17.1 Å². The Morgan fingerprint density at radius 3 is 2.76 bits per heavy atom. The van der Waals surface area contributed by atoms with E-state index in [1.54, 1.807) is 17.8 Å². The average Bonchev–Trinajstić information content (AvgIpc) is 2.24. The summed E-state index contributed by atoms with van der Waals surface area (Å²) in [7, 11) is 0. The summed E-state index contributed by atoms with van der Waals surface area (Å²) < 4.78 is 13.8. The molecule has 1 aromatic rings. The molecule has 0 spiro atoms. The van der Waals surface area contributed by atoms with E-state index in [1.807, 2.05) is 0 Å². The highest BCUT2D eigenvalue weighted by atomic mass is 79.9. The van der Waals surface area contributed by atoms with E-state index >= 15 is 0 Å². The molecule has 1 nitrogen and oxygen atoms in total. The van der Waals surface area contributed by atoms with Gasteiger partial charge < -0.3 is 0 Å². The lowest BCUT2D eigenvalue weighted by Crippen LogP contribution is -2.08. The molecule has 1 unspecified atom stereocenters. The van der Waals surface area contributed by atoms with Gasteiger partial charge in [-0.2, -0.15) is 11.8 Å². The number of Topliss-reactive ketones (excluding diaryl/α,β-unsaturated/α-hetero) is 1. The highest BCUT2D eigenvalue weighted by Crippen LogP contribution is 2.17. The van der Waals surface area contributed by atoms with E-state index in [9.17, 15) is 9.18 Å². The van der Waals surface area contributed by atoms with Crippen LogP contribution in [-0.4, -0.2) is 16.8 Å². The first kappa shape index (κ1) is 14.7. The molecule has 0 aliphatic rings. The summed E-state index contributed by atoms with van der Waals surface area (Å²) in [6.45, 7) is 4.21. The van der Waals surface area contributed by atoms with E-state index in [1.165, 1.54) is 12.1 Å². The van der Waals surface area contributed by atoms with Crippen LogP contribution in [0.15, 0.2) is 22.7 Å². The maximum Gasteiger partial charge on any atom is 0.147 e. The molecule has 0 heterocycles. The summed E-state index contributed by atoms with van der Waals surface area (Å²) >= 11 is 4.88. The van der Waals surface area contributed by atoms with Crippen molar-refractivity contribution in [2.75, 3.05) is 5.75 Å². The van der Waals surface area contributed by atoms with Crippen molar-refractivity contribution in [3.8, 4) is 0 Å². The van der Waals surface area contributed by atoms with E-state index in [-0.39, 0.29) is 11.6 Å². The van der Waals surface area contributed by atoms with Crippen LogP contribution in [0.5, 0.6) is 0 Å². The third kappa shape index (κ3) is 5.68. The van der Waals surface area contributed by atoms with Crippen molar-refractivity contribution < 1.29 is 9.18 Å². The number of ketones is 1. The van der Waals surface area contributed by atoms with Gasteiger partial charge >= 0.3 is 0 Å². The molecule has 1 atom stereocenters. The third-order valence-electron chi connectivity index (χ3n) is 2.43. The summed E-state index contributed by atoms with van der Waals surface area (Å²) in [5.74, 6) is 0.341. The van der Waals surface area contributed by atoms with Crippen LogP contribution in [0.2, 0.25) is 0 Å². The van der Waals surface area contributed by atoms with Crippen molar-refractivity contribution in [3.63, 3.8) is 0 Å². The lowest BCUT2D eigenvalue weighted by atomic mass is 10.1. The van der Waals surface area contributed by atoms with E-state index in [4.69, 9.17) is 0 Å². The van der Waals surface area contributed by atoms with E-state index in [0.717, 1.165) is 12.0 Å². The first-order chi connectivity index (χ1) is 8.01. The number of carbonyl (C=O) groups excluding carboxylic acids is 1. The Bertz CT molecular complexity index is 375. The van der Waals surface area contributed by atoms with E-state index in [0.29, 0.717) is 21.9 Å². The Balaban J connectivity index is 2.50. The molecule has 17 heavy (non-hydrogen) atoms. The van der Waals surface area contributed by atoms with Gasteiger partial charge in [0, 0.05) is 16.1 Å². The van der Waals surface area contributed by atoms with Gasteiger partial charge in [-0.1, -0.05) is 29.8 Å². The fourth-order valence-corrected chi connectivity index (χ4v) is 2.67. The molecule has 0 N–H and O–H groups in total. The molecule has 0 fully saturated rings. The summed E-state index contributed by atoms with van der Waals surface area (Å²) in [6.07, 6.45) is 1.36. The second-order valence-corrected chi connectivity index (χ2v) is 6.37. The molecule has 0 bridgehead atoms. The van der Waals surface area contributed by atoms with Gasteiger partial charge in [0.25, 0.3) is 0 Å². The Labute approximate surface area is 114 Å². The zero-order chi connectivity index (χ0) is 12.8. The van der Waals surface area contributed by atoms with Crippen molar-refractivity contribution in [2.24, 2.45) is 0 Å². The van der Waals surface area contributed by atoms with Crippen LogP contribution in [0.25, 0.3) is 0 Å². The van der Waals surface area contributed by atoms with E-state index < -0.39 is 0 Å². The van der Waals surface area contributed by atoms with Crippen LogP contribution in [-0.2, 0) is 11.2 Å². The number of hydrogen-bond donors (Lipinski definition) is 0. The van der Waals surface area contributed by atoms with Gasteiger partial charge in [0.1, 0.15) is 11.6 Å². The molecule has 1 rings (SSSR count). The first-order valence-electron chi connectivity index (χ1n) is 5.59. The molecule has 0 aromatic heterocycles. The van der Waals surface area contributed by atoms with Crippen LogP contribution >= 0.6 is 27.7 Å². The minimum absolute atomic E-state index is 0.146. The monoisotopic (exact) mass is 318 g/mol. The van der Waals surface area contributed by atoms with Crippen LogP contribution in [0.1, 0.15) is 25.8 Å². The molecule has 0 aliphatic carbocycles. The van der Waals surface area contributed by atoms with Gasteiger partial charge in [-0.25, -0.2) is 4.39 Å². The molecule has 1 aromatic carbocycles. The Morgan fingerprint density at radius 2 is 2.18 bits per heavy atom. The lowest BCUT2D eigenvalue weighted by Gasteiger charge is -2.07. The number of rotatable bonds is 6. The van der Waals surface area contributed by atoms with E-state index in [2.05, 4.69) is 29.8 Å². The first-order valence-corrected chi connectivity index (χ1v) is 7.43. The predicted molar refractivity (Wildman–Crippen MR) is 75.0 cm³/mol. The molecule has 0 amide bonds. The van der Waals surface area contributed by atoms with Crippen molar-refractivity contribution in [2.45, 2.75) is 31.9 Å². The molecule has 0 saturated heterocycles. The molecular formula is C13H16BrFOS. The standard InChI is InChI=1S/C13H16BrFOS/c1-3-9(2)17-8-13(16)6-10-4-11(14)7-12(15)5-10/h4-5,7,9H,3,6,8H2,1-2H3. The minimum atomic E-state index is -0.309. The molecule has 0 radical (unpaired) electrons. The Morgan fingerprint density at radius 1 is 1.47 bits per heavy atom. The molecule has 94 valence electrons. The second-order valence-electron chi connectivity index (χ2n) is 4.02. The number of carbonyl (C=O) groups is 1. The molecule has 0 aliphatic heterocycles. The van der Waals surface area contributed by atoms with Gasteiger partial charge in [0.15, 0.2) is 0 Å². The van der Waals surface area contributed by atoms with Crippen LogP contribution < -0.4 is 0 Å². The number of halogens is 2. The normalized spacial score (nSPS) is 12.5. The highest BCUT2D eigenvalue weighted by molar-refractivity contribution is 9.10. The van der Waals surface area contributed by atoms with Crippen molar-refractivity contribution in [3.05, 3.63) is 34.1 Å². The van der Waals surface area contributed by atoms with Gasteiger partial charge in [0.2, 0.25) is 0 Å². The molecule has 4 heteroatoms. The number of benzene rings is 1. The zero-order valence-corrected chi connectivity index (χ0v) is 12.4. The van der Waals surface area contributed by atoms with Gasteiger partial charge in [0.05, 0.1) is 5.75 Å². The largest absolute Gasteiger partial charge is 0.298 e. The predicted octanol–water partition coefficient (Wildman–Crippen LogP) is 4.23. The summed E-state index contributed by atoms with van der Waals surface area (Å²) in [6, 6.07) is 4.59. The number of thioether (sulfide) groups is 1. The van der Waals surface area contributed by atoms with Crippen molar-refractivity contribution >= 4 is 33.5 Å². The van der Waals surface area contributed by atoms with Crippen LogP contribution in [0, 0.1) is 5.82 Å². The maximum atomic E-state index is 13.1. The zero-order valence-electron chi connectivity index (χ0n) is 10.0. The van der Waals surface area contributed by atoms with Crippen molar-refractivity contribution in [1.82, 2.24) is 0 Å². The fraction of sp³-hybridized carbons (Fsp3) is 0.462. The smallest absolute Gasteiger partial charge is 0.147 e. The fourth-order valence-electron chi connectivity index (χ4n) is 1.34. The average molecular weight is 319 g/mol. The maximum absolute atomic E-state index is 13.1. The van der Waals surface area contributed by atoms with Crippen LogP contribution in [0.3, 0.4) is 0 Å². The van der Waals surface area contributed by atoms with Gasteiger partial charge in [-0.15, -0.1) is 0 Å². The number of hydrogen-bond acceptors (Lipinski definition) is 2.